The summed E-state index contributed by atoms with van der Waals surface area (Å²) >= 11 is 0. The van der Waals surface area contributed by atoms with Crippen LogP contribution in [0.3, 0.4) is 0 Å². The van der Waals surface area contributed by atoms with Gasteiger partial charge in [0.2, 0.25) is 23.6 Å². The lowest BCUT2D eigenvalue weighted by molar-refractivity contribution is -0.145. The van der Waals surface area contributed by atoms with Crippen molar-refractivity contribution in [1.82, 2.24) is 25.5 Å². The first kappa shape index (κ1) is 27.7. The summed E-state index contributed by atoms with van der Waals surface area (Å²) in [7, 11) is 0. The Morgan fingerprint density at radius 1 is 1.20 bits per heavy atom. The van der Waals surface area contributed by atoms with E-state index in [1.807, 2.05) is 0 Å². The number of aromatic nitrogens is 2. The zero-order chi connectivity index (χ0) is 26.0. The standard InChI is InChI=1S/C21H34N8O6/c22-6-2-1-4-14(27-18(31)13(23)9-17(24)30)20(33)29-7-3-5-16(29)19(32)28-15(21(34)35)8-12-10-25-11-26-12/h10-11,13-16H,1-9,22-23H2,(H2,24,30)(H,25,26)(H,27,31)(H,28,32)(H,34,35). The predicted molar refractivity (Wildman–Crippen MR) is 123 cm³/mol. The molecule has 2 rings (SSSR count). The first-order valence-electron chi connectivity index (χ1n) is 11.5. The van der Waals surface area contributed by atoms with Crippen LogP contribution in [0.2, 0.25) is 0 Å². The van der Waals surface area contributed by atoms with E-state index >= 15 is 0 Å². The maximum Gasteiger partial charge on any atom is 0.326 e. The number of H-pyrrole nitrogens is 1. The van der Waals surface area contributed by atoms with Crippen molar-refractivity contribution in [3.63, 3.8) is 0 Å². The minimum Gasteiger partial charge on any atom is -0.480 e. The van der Waals surface area contributed by atoms with Gasteiger partial charge in [0.15, 0.2) is 0 Å². The van der Waals surface area contributed by atoms with Gasteiger partial charge >= 0.3 is 5.97 Å². The van der Waals surface area contributed by atoms with E-state index in [2.05, 4.69) is 20.6 Å². The Morgan fingerprint density at radius 3 is 2.54 bits per heavy atom. The molecule has 1 aliphatic rings. The van der Waals surface area contributed by atoms with Crippen molar-refractivity contribution in [2.45, 2.75) is 69.1 Å². The third-order valence-corrected chi connectivity index (χ3v) is 5.75. The number of nitrogens with zero attached hydrogens (tertiary/aromatic N) is 2. The maximum absolute atomic E-state index is 13.3. The molecule has 35 heavy (non-hydrogen) atoms. The Kier molecular flexibility index (Phi) is 10.6. The van der Waals surface area contributed by atoms with Gasteiger partial charge in [-0.1, -0.05) is 0 Å². The van der Waals surface area contributed by atoms with Crippen LogP contribution in [-0.4, -0.2) is 86.8 Å². The largest absolute Gasteiger partial charge is 0.480 e. The highest BCUT2D eigenvalue weighted by molar-refractivity contribution is 5.95. The van der Waals surface area contributed by atoms with Crippen molar-refractivity contribution >= 4 is 29.6 Å². The van der Waals surface area contributed by atoms with Gasteiger partial charge in [-0.25, -0.2) is 9.78 Å². The molecule has 14 heteroatoms. The van der Waals surface area contributed by atoms with Crippen molar-refractivity contribution in [1.29, 1.82) is 0 Å². The molecule has 0 aliphatic carbocycles. The summed E-state index contributed by atoms with van der Waals surface area (Å²) in [6.45, 7) is 0.670. The zero-order valence-corrected chi connectivity index (χ0v) is 19.4. The normalized spacial score (nSPS) is 17.9. The molecule has 4 amide bonds. The summed E-state index contributed by atoms with van der Waals surface area (Å²) in [5.41, 5.74) is 16.9. The van der Waals surface area contributed by atoms with Crippen LogP contribution in [-0.2, 0) is 30.4 Å². The number of hydrogen-bond acceptors (Lipinski definition) is 8. The van der Waals surface area contributed by atoms with E-state index in [-0.39, 0.29) is 25.8 Å². The van der Waals surface area contributed by atoms with Gasteiger partial charge in [0.05, 0.1) is 18.8 Å². The molecular formula is C21H34N8O6. The molecular weight excluding hydrogens is 460 g/mol. The topological polar surface area (TPSA) is 240 Å². The Morgan fingerprint density at radius 2 is 1.94 bits per heavy atom. The number of amides is 4. The number of primary amides is 1. The number of unbranched alkanes of at least 4 members (excludes halogenated alkanes) is 1. The highest BCUT2D eigenvalue weighted by atomic mass is 16.4. The number of carbonyl (C=O) groups is 5. The average Bonchev–Trinajstić information content (AvgIpc) is 3.49. The molecule has 0 aromatic carbocycles. The van der Waals surface area contributed by atoms with Gasteiger partial charge in [-0.15, -0.1) is 0 Å². The second-order valence-corrected chi connectivity index (χ2v) is 8.49. The fourth-order valence-electron chi connectivity index (χ4n) is 3.93. The molecule has 4 unspecified atom stereocenters. The van der Waals surface area contributed by atoms with E-state index in [0.717, 1.165) is 0 Å². The highest BCUT2D eigenvalue weighted by Crippen LogP contribution is 2.20. The van der Waals surface area contributed by atoms with E-state index in [0.29, 0.717) is 37.9 Å². The van der Waals surface area contributed by atoms with Gasteiger partial charge in [0, 0.05) is 24.9 Å². The molecule has 2 heterocycles. The zero-order valence-electron chi connectivity index (χ0n) is 19.4. The molecule has 0 spiro atoms. The molecule has 14 nitrogen and oxygen atoms in total. The summed E-state index contributed by atoms with van der Waals surface area (Å²) in [4.78, 5) is 69.5. The van der Waals surface area contributed by atoms with Crippen LogP contribution in [0.15, 0.2) is 12.5 Å². The number of imidazole rings is 1. The van der Waals surface area contributed by atoms with Crippen LogP contribution in [0.5, 0.6) is 0 Å². The lowest BCUT2D eigenvalue weighted by Crippen LogP contribution is -2.57. The lowest BCUT2D eigenvalue weighted by Gasteiger charge is -2.30. The van der Waals surface area contributed by atoms with Crippen LogP contribution in [0.4, 0.5) is 0 Å². The monoisotopic (exact) mass is 494 g/mol. The molecule has 0 bridgehead atoms. The molecule has 0 saturated carbocycles. The van der Waals surface area contributed by atoms with Gasteiger partial charge in [-0.2, -0.15) is 0 Å². The Labute approximate surface area is 202 Å². The SMILES string of the molecule is NCCCCC(NC(=O)C(N)CC(N)=O)C(=O)N1CCCC1C(=O)NC(Cc1cnc[nH]1)C(=O)O. The second kappa shape index (κ2) is 13.4. The fraction of sp³-hybridized carbons (Fsp3) is 0.619. The Hall–Kier alpha value is -3.52. The lowest BCUT2D eigenvalue weighted by atomic mass is 10.1. The van der Waals surface area contributed by atoms with Gasteiger partial charge in [-0.3, -0.25) is 19.2 Å². The van der Waals surface area contributed by atoms with Crippen molar-refractivity contribution in [2.24, 2.45) is 17.2 Å². The van der Waals surface area contributed by atoms with E-state index in [1.54, 1.807) is 0 Å². The number of likely N-dealkylation sites (tertiary alicyclic amines) is 1. The third-order valence-electron chi connectivity index (χ3n) is 5.75. The molecule has 1 aromatic heterocycles. The summed E-state index contributed by atoms with van der Waals surface area (Å²) < 4.78 is 0. The highest BCUT2D eigenvalue weighted by Gasteiger charge is 2.39. The number of nitrogens with two attached hydrogens (primary N) is 3. The third kappa shape index (κ3) is 8.33. The van der Waals surface area contributed by atoms with Gasteiger partial charge in [-0.05, 0) is 38.6 Å². The number of rotatable bonds is 14. The maximum atomic E-state index is 13.3. The van der Waals surface area contributed by atoms with Crippen LogP contribution in [0.1, 0.15) is 44.2 Å². The number of aliphatic carboxylic acids is 1. The second-order valence-electron chi connectivity index (χ2n) is 8.49. The minimum absolute atomic E-state index is 0.00272. The van der Waals surface area contributed by atoms with E-state index in [1.165, 1.54) is 17.4 Å². The van der Waals surface area contributed by atoms with E-state index < -0.39 is 53.8 Å². The average molecular weight is 495 g/mol. The van der Waals surface area contributed by atoms with Crippen LogP contribution in [0.25, 0.3) is 0 Å². The number of nitrogens with one attached hydrogen (secondary N) is 3. The predicted octanol–water partition coefficient (Wildman–Crippen LogP) is -2.67. The van der Waals surface area contributed by atoms with E-state index in [9.17, 15) is 29.1 Å². The number of carboxylic acid groups (broad SMARTS) is 1. The van der Waals surface area contributed by atoms with Crippen molar-refractivity contribution in [2.75, 3.05) is 13.1 Å². The van der Waals surface area contributed by atoms with Crippen molar-refractivity contribution in [3.05, 3.63) is 18.2 Å². The molecule has 194 valence electrons. The number of carboxylic acids is 1. The molecule has 1 fully saturated rings. The Balaban J connectivity index is 2.10. The van der Waals surface area contributed by atoms with E-state index in [4.69, 9.17) is 17.2 Å². The van der Waals surface area contributed by atoms with Gasteiger partial charge < -0.3 is 42.8 Å². The smallest absolute Gasteiger partial charge is 0.326 e. The van der Waals surface area contributed by atoms with Crippen molar-refractivity contribution < 1.29 is 29.1 Å². The number of carbonyl (C=O) groups excluding carboxylic acids is 4. The van der Waals surface area contributed by atoms with Crippen LogP contribution >= 0.6 is 0 Å². The first-order valence-corrected chi connectivity index (χ1v) is 11.5. The van der Waals surface area contributed by atoms with Crippen LogP contribution in [0, 0.1) is 0 Å². The molecule has 1 aliphatic heterocycles. The quantitative estimate of drug-likeness (QED) is 0.133. The number of aromatic amines is 1. The summed E-state index contributed by atoms with van der Waals surface area (Å²) in [6, 6.07) is -4.30. The Bertz CT molecular complexity index is 892. The van der Waals surface area contributed by atoms with Gasteiger partial charge in [0.25, 0.3) is 0 Å². The number of hydrogen-bond donors (Lipinski definition) is 7. The molecule has 4 atom stereocenters. The molecule has 0 radical (unpaired) electrons. The summed E-state index contributed by atoms with van der Waals surface area (Å²) in [5.74, 6) is -3.77. The van der Waals surface area contributed by atoms with Crippen LogP contribution < -0.4 is 27.8 Å². The minimum atomic E-state index is -1.22. The molecule has 10 N–H and O–H groups in total. The van der Waals surface area contributed by atoms with Gasteiger partial charge in [0.1, 0.15) is 18.1 Å². The molecule has 1 aromatic rings. The first-order chi connectivity index (χ1) is 16.6. The molecule has 1 saturated heterocycles. The fourth-order valence-corrected chi connectivity index (χ4v) is 3.93. The summed E-state index contributed by atoms with van der Waals surface area (Å²) in [5, 5.41) is 14.6. The summed E-state index contributed by atoms with van der Waals surface area (Å²) in [6.07, 6.45) is 4.78. The van der Waals surface area contributed by atoms with Crippen molar-refractivity contribution in [3.8, 4) is 0 Å².